The van der Waals surface area contributed by atoms with Crippen LogP contribution in [0.3, 0.4) is 0 Å². The smallest absolute Gasteiger partial charge is 0.145 e. The maximum Gasteiger partial charge on any atom is 0.145 e. The van der Waals surface area contributed by atoms with E-state index < -0.39 is 0 Å². The normalized spacial score (nSPS) is 10.4. The molecule has 0 radical (unpaired) electrons. The molecule has 0 aliphatic rings. The van der Waals surface area contributed by atoms with Crippen molar-refractivity contribution in [3.8, 4) is 16.3 Å². The average Bonchev–Trinajstić information content (AvgIpc) is 2.71. The molecule has 2 N–H and O–H groups in total. The topological polar surface area (TPSA) is 48.1 Å². The lowest BCUT2D eigenvalue weighted by atomic mass is 10.2. The van der Waals surface area contributed by atoms with Crippen molar-refractivity contribution in [2.45, 2.75) is 6.54 Å². The average molecular weight is 255 g/mol. The van der Waals surface area contributed by atoms with E-state index in [1.54, 1.807) is 7.11 Å². The van der Waals surface area contributed by atoms with Gasteiger partial charge in [-0.2, -0.15) is 0 Å². The van der Waals surface area contributed by atoms with E-state index >= 15 is 0 Å². The Balaban J connectivity index is 2.41. The second-order valence-electron chi connectivity index (χ2n) is 3.17. The lowest BCUT2D eigenvalue weighted by molar-refractivity contribution is 0.415. The van der Waals surface area contributed by atoms with E-state index in [0.29, 0.717) is 11.7 Å². The van der Waals surface area contributed by atoms with E-state index in [4.69, 9.17) is 22.1 Å². The zero-order valence-electron chi connectivity index (χ0n) is 8.74. The first-order valence-corrected chi connectivity index (χ1v) is 5.93. The van der Waals surface area contributed by atoms with Gasteiger partial charge in [0.15, 0.2) is 0 Å². The fraction of sp³-hybridized carbons (Fsp3) is 0.182. The monoisotopic (exact) mass is 254 g/mol. The van der Waals surface area contributed by atoms with Gasteiger partial charge in [0.2, 0.25) is 0 Å². The van der Waals surface area contributed by atoms with Gasteiger partial charge in [0.25, 0.3) is 0 Å². The van der Waals surface area contributed by atoms with Crippen LogP contribution in [0.1, 0.15) is 4.88 Å². The summed E-state index contributed by atoms with van der Waals surface area (Å²) in [6.07, 6.45) is 0. The highest BCUT2D eigenvalue weighted by molar-refractivity contribution is 7.15. The lowest BCUT2D eigenvalue weighted by Gasteiger charge is -2.00. The molecule has 0 saturated carbocycles. The Morgan fingerprint density at radius 2 is 2.31 bits per heavy atom. The molecule has 1 heterocycles. The van der Waals surface area contributed by atoms with E-state index in [0.717, 1.165) is 21.2 Å². The molecule has 0 atom stereocenters. The highest BCUT2D eigenvalue weighted by atomic mass is 35.5. The van der Waals surface area contributed by atoms with Crippen LogP contribution in [0, 0.1) is 0 Å². The van der Waals surface area contributed by atoms with Gasteiger partial charge >= 0.3 is 0 Å². The summed E-state index contributed by atoms with van der Waals surface area (Å²) < 4.78 is 5.16. The van der Waals surface area contributed by atoms with E-state index in [1.165, 1.54) is 11.3 Å². The Morgan fingerprint density at radius 1 is 1.50 bits per heavy atom. The molecule has 3 nitrogen and oxygen atoms in total. The zero-order chi connectivity index (χ0) is 11.5. The fourth-order valence-electron chi connectivity index (χ4n) is 1.34. The van der Waals surface area contributed by atoms with Crippen LogP contribution in [0.25, 0.3) is 10.6 Å². The number of benzene rings is 1. The molecule has 0 aliphatic heterocycles. The highest BCUT2D eigenvalue weighted by Crippen LogP contribution is 2.31. The molecule has 2 aromatic rings. The molecule has 2 rings (SSSR count). The quantitative estimate of drug-likeness (QED) is 0.916. The molecule has 0 unspecified atom stereocenters. The van der Waals surface area contributed by atoms with Crippen molar-refractivity contribution < 1.29 is 4.74 Å². The van der Waals surface area contributed by atoms with Gasteiger partial charge in [-0.3, -0.25) is 0 Å². The summed E-state index contributed by atoms with van der Waals surface area (Å²) in [5, 5.41) is 1.36. The van der Waals surface area contributed by atoms with Crippen molar-refractivity contribution in [1.29, 1.82) is 0 Å². The molecule has 0 saturated heterocycles. The molecule has 0 bridgehead atoms. The molecule has 84 valence electrons. The minimum atomic E-state index is 0.417. The second-order valence-corrected chi connectivity index (χ2v) is 4.61. The Labute approximate surface area is 103 Å². The first kappa shape index (κ1) is 11.4. The molecule has 16 heavy (non-hydrogen) atoms. The van der Waals surface area contributed by atoms with Crippen LogP contribution in [0.15, 0.2) is 24.3 Å². The minimum absolute atomic E-state index is 0.417. The van der Waals surface area contributed by atoms with Crippen LogP contribution in [-0.4, -0.2) is 12.1 Å². The third kappa shape index (κ3) is 2.19. The Morgan fingerprint density at radius 3 is 2.94 bits per heavy atom. The molecular weight excluding hydrogens is 244 g/mol. The number of hydrogen-bond donors (Lipinski definition) is 1. The van der Waals surface area contributed by atoms with Crippen LogP contribution in [0.4, 0.5) is 0 Å². The maximum absolute atomic E-state index is 5.96. The lowest BCUT2D eigenvalue weighted by Crippen LogP contribution is -1.92. The number of ether oxygens (including phenoxy) is 1. The third-order valence-corrected chi connectivity index (χ3v) is 3.70. The summed E-state index contributed by atoms with van der Waals surface area (Å²) in [6, 6.07) is 7.71. The molecule has 1 aromatic heterocycles. The van der Waals surface area contributed by atoms with Gasteiger partial charge in [0.05, 0.1) is 12.0 Å². The van der Waals surface area contributed by atoms with Gasteiger partial charge in [-0.1, -0.05) is 23.7 Å². The van der Waals surface area contributed by atoms with Crippen molar-refractivity contribution in [2.75, 3.05) is 7.11 Å². The second kappa shape index (κ2) is 4.82. The molecule has 0 fully saturated rings. The zero-order valence-corrected chi connectivity index (χ0v) is 10.3. The molecule has 5 heteroatoms. The fourth-order valence-corrected chi connectivity index (χ4v) is 2.49. The SMILES string of the molecule is COc1cccc(-c2nc(Cl)c(CN)s2)c1. The molecule has 0 spiro atoms. The van der Waals surface area contributed by atoms with E-state index in [2.05, 4.69) is 4.98 Å². The molecular formula is C11H11ClN2OS. The van der Waals surface area contributed by atoms with Crippen LogP contribution in [-0.2, 0) is 6.54 Å². The summed E-state index contributed by atoms with van der Waals surface area (Å²) in [6.45, 7) is 0.417. The number of halogens is 1. The molecule has 0 amide bonds. The summed E-state index contributed by atoms with van der Waals surface area (Å²) in [4.78, 5) is 5.18. The minimum Gasteiger partial charge on any atom is -0.497 e. The number of nitrogens with zero attached hydrogens (tertiary/aromatic N) is 1. The number of thiazole rings is 1. The largest absolute Gasteiger partial charge is 0.497 e. The van der Waals surface area contributed by atoms with Gasteiger partial charge in [-0.15, -0.1) is 11.3 Å². The van der Waals surface area contributed by atoms with Crippen LogP contribution in [0.2, 0.25) is 5.15 Å². The number of aromatic nitrogens is 1. The van der Waals surface area contributed by atoms with Gasteiger partial charge in [0.1, 0.15) is 15.9 Å². The first-order chi connectivity index (χ1) is 7.74. The third-order valence-electron chi connectivity index (χ3n) is 2.15. The highest BCUT2D eigenvalue weighted by Gasteiger charge is 2.09. The van der Waals surface area contributed by atoms with Gasteiger partial charge in [0, 0.05) is 12.1 Å². The number of rotatable bonds is 3. The van der Waals surface area contributed by atoms with E-state index in [1.807, 2.05) is 24.3 Å². The van der Waals surface area contributed by atoms with E-state index in [-0.39, 0.29) is 0 Å². The Bertz CT molecular complexity index is 498. The van der Waals surface area contributed by atoms with Crippen molar-refractivity contribution in [3.05, 3.63) is 34.3 Å². The van der Waals surface area contributed by atoms with E-state index in [9.17, 15) is 0 Å². The summed E-state index contributed by atoms with van der Waals surface area (Å²) in [7, 11) is 1.64. The summed E-state index contributed by atoms with van der Waals surface area (Å²) in [5.74, 6) is 0.804. The van der Waals surface area contributed by atoms with Crippen molar-refractivity contribution in [2.24, 2.45) is 5.73 Å². The Hall–Kier alpha value is -1.10. The standard InChI is InChI=1S/C11H11ClN2OS/c1-15-8-4-2-3-7(5-8)11-14-10(12)9(6-13)16-11/h2-5H,6,13H2,1H3. The van der Waals surface area contributed by atoms with Gasteiger partial charge < -0.3 is 10.5 Å². The van der Waals surface area contributed by atoms with Crippen molar-refractivity contribution in [3.63, 3.8) is 0 Å². The predicted molar refractivity (Wildman–Crippen MR) is 67.0 cm³/mol. The number of hydrogen-bond acceptors (Lipinski definition) is 4. The van der Waals surface area contributed by atoms with Crippen LogP contribution < -0.4 is 10.5 Å². The van der Waals surface area contributed by atoms with Crippen LogP contribution >= 0.6 is 22.9 Å². The number of nitrogens with two attached hydrogens (primary N) is 1. The van der Waals surface area contributed by atoms with Gasteiger partial charge in [-0.25, -0.2) is 4.98 Å². The maximum atomic E-state index is 5.96. The molecule has 0 aliphatic carbocycles. The summed E-state index contributed by atoms with van der Waals surface area (Å²) in [5.41, 5.74) is 6.55. The van der Waals surface area contributed by atoms with Crippen molar-refractivity contribution in [1.82, 2.24) is 4.98 Å². The Kier molecular flexibility index (Phi) is 3.43. The first-order valence-electron chi connectivity index (χ1n) is 4.74. The molecule has 1 aromatic carbocycles. The number of methoxy groups -OCH3 is 1. The van der Waals surface area contributed by atoms with Gasteiger partial charge in [-0.05, 0) is 12.1 Å². The predicted octanol–water partition coefficient (Wildman–Crippen LogP) is 2.93. The van der Waals surface area contributed by atoms with Crippen LogP contribution in [0.5, 0.6) is 5.75 Å². The summed E-state index contributed by atoms with van der Waals surface area (Å²) >= 11 is 7.46. The van der Waals surface area contributed by atoms with Crippen molar-refractivity contribution >= 4 is 22.9 Å².